The number of nitrogens with zero attached hydrogens (tertiary/aromatic N) is 3. The smallest absolute Gasteiger partial charge is 0.282 e. The quantitative estimate of drug-likeness (QED) is 0.735. The molecule has 0 aliphatic carbocycles. The molecule has 0 atom stereocenters. The summed E-state index contributed by atoms with van der Waals surface area (Å²) in [5, 5.41) is 15.9. The Hall–Kier alpha value is -2.47. The lowest BCUT2D eigenvalue weighted by atomic mass is 10.2. The molecule has 1 aromatic carbocycles. The molecule has 2 aromatic heterocycles. The van der Waals surface area contributed by atoms with E-state index in [1.807, 2.05) is 5.38 Å². The lowest BCUT2D eigenvalue weighted by Gasteiger charge is -2.02. The summed E-state index contributed by atoms with van der Waals surface area (Å²) in [6, 6.07) is 8.40. The zero-order chi connectivity index (χ0) is 14.1. The van der Waals surface area contributed by atoms with Crippen LogP contribution in [0.1, 0.15) is 11.4 Å². The van der Waals surface area contributed by atoms with Crippen LogP contribution < -0.4 is 5.56 Å². The normalized spacial score (nSPS) is 11.4. The van der Waals surface area contributed by atoms with E-state index in [0.717, 1.165) is 4.83 Å². The SMILES string of the molecule is Cc1nc2sccc2c(=O)n1/N=C\c1cccc(O)c1. The molecule has 3 rings (SSSR count). The minimum absolute atomic E-state index is 0.157. The largest absolute Gasteiger partial charge is 0.508 e. The number of fused-ring (bicyclic) bond motifs is 1. The second kappa shape index (κ2) is 4.90. The Labute approximate surface area is 118 Å². The van der Waals surface area contributed by atoms with Gasteiger partial charge in [0, 0.05) is 0 Å². The van der Waals surface area contributed by atoms with Crippen molar-refractivity contribution in [3.63, 3.8) is 0 Å². The summed E-state index contributed by atoms with van der Waals surface area (Å²) < 4.78 is 1.26. The molecular formula is C14H11N3O2S. The maximum atomic E-state index is 12.3. The molecule has 1 N–H and O–H groups in total. The maximum absolute atomic E-state index is 12.3. The van der Waals surface area contributed by atoms with Crippen LogP contribution in [0.5, 0.6) is 5.75 Å². The lowest BCUT2D eigenvalue weighted by molar-refractivity contribution is 0.475. The molecule has 2 heterocycles. The zero-order valence-electron chi connectivity index (χ0n) is 10.6. The Bertz CT molecular complexity index is 864. The molecule has 100 valence electrons. The minimum atomic E-state index is -0.190. The van der Waals surface area contributed by atoms with Gasteiger partial charge in [-0.1, -0.05) is 12.1 Å². The third kappa shape index (κ3) is 2.21. The van der Waals surface area contributed by atoms with Gasteiger partial charge < -0.3 is 5.11 Å². The Morgan fingerprint density at radius 2 is 2.25 bits per heavy atom. The highest BCUT2D eigenvalue weighted by molar-refractivity contribution is 7.16. The summed E-state index contributed by atoms with van der Waals surface area (Å²) in [4.78, 5) is 17.3. The fourth-order valence-corrected chi connectivity index (χ4v) is 2.67. The second-order valence-electron chi connectivity index (χ2n) is 4.25. The van der Waals surface area contributed by atoms with E-state index in [1.165, 1.54) is 22.2 Å². The van der Waals surface area contributed by atoms with E-state index in [0.29, 0.717) is 16.8 Å². The first-order chi connectivity index (χ1) is 9.65. The van der Waals surface area contributed by atoms with Gasteiger partial charge in [0.1, 0.15) is 16.4 Å². The summed E-state index contributed by atoms with van der Waals surface area (Å²) in [5.41, 5.74) is 0.520. The standard InChI is InChI=1S/C14H11N3O2S/c1-9-16-13-12(5-6-20-13)14(19)17(9)15-8-10-3-2-4-11(18)7-10/h2-8,18H,1H3/b15-8-. The van der Waals surface area contributed by atoms with Crippen molar-refractivity contribution >= 4 is 27.8 Å². The van der Waals surface area contributed by atoms with Crippen molar-refractivity contribution in [1.29, 1.82) is 0 Å². The van der Waals surface area contributed by atoms with E-state index < -0.39 is 0 Å². The summed E-state index contributed by atoms with van der Waals surface area (Å²) in [5.74, 6) is 0.686. The number of thiophene rings is 1. The number of benzene rings is 1. The fourth-order valence-electron chi connectivity index (χ4n) is 1.87. The van der Waals surface area contributed by atoms with Crippen LogP contribution in [0, 0.1) is 6.92 Å². The molecule has 6 heteroatoms. The van der Waals surface area contributed by atoms with Gasteiger partial charge in [-0.2, -0.15) is 9.78 Å². The fraction of sp³-hybridized carbons (Fsp3) is 0.0714. The number of rotatable bonds is 2. The van der Waals surface area contributed by atoms with E-state index in [-0.39, 0.29) is 11.3 Å². The number of aryl methyl sites for hydroxylation is 1. The van der Waals surface area contributed by atoms with E-state index in [4.69, 9.17) is 0 Å². The highest BCUT2D eigenvalue weighted by atomic mass is 32.1. The molecule has 0 fully saturated rings. The molecule has 5 nitrogen and oxygen atoms in total. The van der Waals surface area contributed by atoms with Crippen LogP contribution in [0.4, 0.5) is 0 Å². The van der Waals surface area contributed by atoms with E-state index in [2.05, 4.69) is 10.1 Å². The molecule has 0 radical (unpaired) electrons. The number of aromatic hydroxyl groups is 1. The number of phenols is 1. The van der Waals surface area contributed by atoms with Crippen LogP contribution in [-0.2, 0) is 0 Å². The minimum Gasteiger partial charge on any atom is -0.508 e. The van der Waals surface area contributed by atoms with Crippen molar-refractivity contribution in [3.05, 3.63) is 57.5 Å². The van der Waals surface area contributed by atoms with Crippen molar-refractivity contribution in [2.24, 2.45) is 5.10 Å². The van der Waals surface area contributed by atoms with E-state index >= 15 is 0 Å². The van der Waals surface area contributed by atoms with Crippen LogP contribution in [-0.4, -0.2) is 21.0 Å². The highest BCUT2D eigenvalue weighted by Gasteiger charge is 2.07. The summed E-state index contributed by atoms with van der Waals surface area (Å²) in [7, 11) is 0. The van der Waals surface area contributed by atoms with Crippen molar-refractivity contribution in [2.45, 2.75) is 6.92 Å². The molecule has 20 heavy (non-hydrogen) atoms. The topological polar surface area (TPSA) is 67.5 Å². The Morgan fingerprint density at radius 1 is 1.40 bits per heavy atom. The Kier molecular flexibility index (Phi) is 3.08. The predicted molar refractivity (Wildman–Crippen MR) is 79.7 cm³/mol. The molecule has 0 amide bonds. The molecule has 0 saturated carbocycles. The summed E-state index contributed by atoms with van der Waals surface area (Å²) >= 11 is 1.43. The average molecular weight is 285 g/mol. The van der Waals surface area contributed by atoms with E-state index in [9.17, 15) is 9.90 Å². The van der Waals surface area contributed by atoms with Crippen molar-refractivity contribution in [2.75, 3.05) is 0 Å². The number of phenolic OH excluding ortho intramolecular Hbond substituents is 1. The van der Waals surface area contributed by atoms with Gasteiger partial charge in [-0.05, 0) is 36.1 Å². The first kappa shape index (κ1) is 12.6. The second-order valence-corrected chi connectivity index (χ2v) is 5.15. The zero-order valence-corrected chi connectivity index (χ0v) is 11.5. The molecule has 0 aliphatic rings. The third-order valence-corrected chi connectivity index (χ3v) is 3.64. The van der Waals surface area contributed by atoms with Gasteiger partial charge in [0.25, 0.3) is 5.56 Å². The molecule has 0 unspecified atom stereocenters. The Morgan fingerprint density at radius 3 is 3.05 bits per heavy atom. The number of aromatic nitrogens is 2. The monoisotopic (exact) mass is 285 g/mol. The molecule has 3 aromatic rings. The summed E-state index contributed by atoms with van der Waals surface area (Å²) in [6.45, 7) is 1.74. The van der Waals surface area contributed by atoms with E-state index in [1.54, 1.807) is 37.3 Å². The molecule has 0 aliphatic heterocycles. The van der Waals surface area contributed by atoms with Gasteiger partial charge in [-0.3, -0.25) is 4.79 Å². The first-order valence-corrected chi connectivity index (χ1v) is 6.83. The third-order valence-electron chi connectivity index (χ3n) is 2.83. The van der Waals surface area contributed by atoms with Crippen molar-refractivity contribution in [3.8, 4) is 5.75 Å². The van der Waals surface area contributed by atoms with Crippen LogP contribution >= 0.6 is 11.3 Å². The highest BCUT2D eigenvalue weighted by Crippen LogP contribution is 2.15. The van der Waals surface area contributed by atoms with Gasteiger partial charge in [0.05, 0.1) is 11.6 Å². The average Bonchev–Trinajstić information content (AvgIpc) is 2.87. The number of hydrogen-bond donors (Lipinski definition) is 1. The maximum Gasteiger partial charge on any atom is 0.282 e. The van der Waals surface area contributed by atoms with Crippen LogP contribution in [0.2, 0.25) is 0 Å². The molecule has 0 bridgehead atoms. The molecule has 0 saturated heterocycles. The predicted octanol–water partition coefficient (Wildman–Crippen LogP) is 2.35. The first-order valence-electron chi connectivity index (χ1n) is 5.95. The van der Waals surface area contributed by atoms with Gasteiger partial charge in [-0.15, -0.1) is 11.3 Å². The Balaban J connectivity index is 2.08. The van der Waals surface area contributed by atoms with Gasteiger partial charge in [-0.25, -0.2) is 4.98 Å². The van der Waals surface area contributed by atoms with Crippen LogP contribution in [0.25, 0.3) is 10.2 Å². The molecular weight excluding hydrogens is 274 g/mol. The van der Waals surface area contributed by atoms with Gasteiger partial charge >= 0.3 is 0 Å². The van der Waals surface area contributed by atoms with Gasteiger partial charge in [0.2, 0.25) is 0 Å². The van der Waals surface area contributed by atoms with Crippen LogP contribution in [0.15, 0.2) is 45.6 Å². The van der Waals surface area contributed by atoms with Gasteiger partial charge in [0.15, 0.2) is 0 Å². The van der Waals surface area contributed by atoms with Crippen molar-refractivity contribution < 1.29 is 5.11 Å². The van der Waals surface area contributed by atoms with Crippen LogP contribution in [0.3, 0.4) is 0 Å². The number of hydrogen-bond acceptors (Lipinski definition) is 5. The lowest BCUT2D eigenvalue weighted by Crippen LogP contribution is -2.19. The van der Waals surface area contributed by atoms with Crippen molar-refractivity contribution in [1.82, 2.24) is 9.66 Å². The molecule has 0 spiro atoms. The summed E-state index contributed by atoms with van der Waals surface area (Å²) in [6.07, 6.45) is 1.52.